The quantitative estimate of drug-likeness (QED) is 0.356. The Hall–Kier alpha value is -2.74. The number of ketones is 1. The van der Waals surface area contributed by atoms with Crippen molar-refractivity contribution in [1.82, 2.24) is 10.2 Å². The third-order valence-corrected chi connectivity index (χ3v) is 6.05. The molecule has 146 valence electrons. The zero-order chi connectivity index (χ0) is 20.7. The number of amides is 1. The van der Waals surface area contributed by atoms with Gasteiger partial charge in [-0.25, -0.2) is 0 Å². The fourth-order valence-electron chi connectivity index (χ4n) is 3.16. The van der Waals surface area contributed by atoms with Gasteiger partial charge in [-0.2, -0.15) is 0 Å². The number of aliphatic hydroxyl groups is 1. The molecule has 1 N–H and O–H groups in total. The normalized spacial score (nSPS) is 18.4. The van der Waals surface area contributed by atoms with E-state index < -0.39 is 17.7 Å². The molecule has 29 heavy (non-hydrogen) atoms. The maximum absolute atomic E-state index is 12.9. The van der Waals surface area contributed by atoms with Crippen LogP contribution in [0.1, 0.15) is 22.2 Å². The van der Waals surface area contributed by atoms with Crippen LogP contribution in [0.4, 0.5) is 5.13 Å². The van der Waals surface area contributed by atoms with Gasteiger partial charge in [-0.05, 0) is 24.6 Å². The van der Waals surface area contributed by atoms with Crippen molar-refractivity contribution < 1.29 is 14.7 Å². The Labute approximate surface area is 180 Å². The molecule has 0 bridgehead atoms. The number of aromatic nitrogens is 2. The van der Waals surface area contributed by atoms with Crippen LogP contribution >= 0.6 is 34.5 Å². The first-order valence-electron chi connectivity index (χ1n) is 8.50. The summed E-state index contributed by atoms with van der Waals surface area (Å²) in [7, 11) is 0. The van der Waals surface area contributed by atoms with Gasteiger partial charge >= 0.3 is 5.91 Å². The van der Waals surface area contributed by atoms with Crippen molar-refractivity contribution in [2.75, 3.05) is 4.90 Å². The number of aryl methyl sites for hydroxylation is 1. The number of benzene rings is 2. The largest absolute Gasteiger partial charge is 0.507 e. The van der Waals surface area contributed by atoms with Crippen molar-refractivity contribution in [2.45, 2.75) is 13.0 Å². The number of nitrogens with zero attached hydrogens (tertiary/aromatic N) is 3. The van der Waals surface area contributed by atoms with Crippen LogP contribution in [-0.2, 0) is 9.59 Å². The Balaban J connectivity index is 1.97. The van der Waals surface area contributed by atoms with Gasteiger partial charge in [0.2, 0.25) is 5.13 Å². The minimum atomic E-state index is -0.919. The van der Waals surface area contributed by atoms with E-state index in [1.165, 1.54) is 16.2 Å². The lowest BCUT2D eigenvalue weighted by molar-refractivity contribution is -0.132. The van der Waals surface area contributed by atoms with E-state index in [0.29, 0.717) is 21.2 Å². The monoisotopic (exact) mass is 445 g/mol. The van der Waals surface area contributed by atoms with Crippen molar-refractivity contribution in [1.29, 1.82) is 0 Å². The van der Waals surface area contributed by atoms with Gasteiger partial charge in [0.15, 0.2) is 0 Å². The van der Waals surface area contributed by atoms with Crippen LogP contribution in [0.25, 0.3) is 5.76 Å². The molecule has 2 aromatic carbocycles. The zero-order valence-corrected chi connectivity index (χ0v) is 17.3. The number of hydrogen-bond acceptors (Lipinski definition) is 6. The molecule has 1 aliphatic heterocycles. The van der Waals surface area contributed by atoms with Gasteiger partial charge in [0.1, 0.15) is 10.8 Å². The molecule has 0 spiro atoms. The third kappa shape index (κ3) is 3.42. The van der Waals surface area contributed by atoms with Crippen LogP contribution in [0, 0.1) is 6.92 Å². The molecule has 1 fully saturated rings. The number of carbonyl (C=O) groups is 2. The maximum Gasteiger partial charge on any atom is 0.301 e. The minimum Gasteiger partial charge on any atom is -0.507 e. The van der Waals surface area contributed by atoms with Gasteiger partial charge in [0.05, 0.1) is 21.7 Å². The second-order valence-corrected chi connectivity index (χ2v) is 8.29. The van der Waals surface area contributed by atoms with E-state index >= 15 is 0 Å². The van der Waals surface area contributed by atoms with E-state index in [9.17, 15) is 14.7 Å². The molecule has 1 aliphatic rings. The molecule has 0 unspecified atom stereocenters. The molecule has 1 atom stereocenters. The average Bonchev–Trinajstić information content (AvgIpc) is 3.25. The van der Waals surface area contributed by atoms with Crippen LogP contribution in [-0.4, -0.2) is 27.0 Å². The highest BCUT2D eigenvalue weighted by atomic mass is 35.5. The molecule has 1 aromatic heterocycles. The number of rotatable bonds is 3. The zero-order valence-electron chi connectivity index (χ0n) is 15.0. The Bertz CT molecular complexity index is 1160. The van der Waals surface area contributed by atoms with Crippen molar-refractivity contribution in [3.63, 3.8) is 0 Å². The van der Waals surface area contributed by atoms with Crippen LogP contribution in [0.5, 0.6) is 0 Å². The second kappa shape index (κ2) is 7.59. The standard InChI is InChI=1S/C20H13Cl2N3O3S/c1-10-23-24-20(29-10)25-16(12-7-8-13(21)14(22)9-12)15(18(27)19(25)28)17(26)11-5-3-2-4-6-11/h2-9,16,26H,1H3/b17-15+/t16-/m1/s1. The molecule has 1 saturated heterocycles. The van der Waals surface area contributed by atoms with Gasteiger partial charge < -0.3 is 5.11 Å². The van der Waals surface area contributed by atoms with E-state index in [4.69, 9.17) is 23.2 Å². The highest BCUT2D eigenvalue weighted by Gasteiger charge is 2.48. The van der Waals surface area contributed by atoms with Crippen molar-refractivity contribution in [2.24, 2.45) is 0 Å². The van der Waals surface area contributed by atoms with Crippen molar-refractivity contribution in [3.05, 3.63) is 80.3 Å². The minimum absolute atomic E-state index is 0.0487. The number of carbonyl (C=O) groups excluding carboxylic acids is 2. The summed E-state index contributed by atoms with van der Waals surface area (Å²) in [6.07, 6.45) is 0. The van der Waals surface area contributed by atoms with Gasteiger partial charge in [0, 0.05) is 5.56 Å². The summed E-state index contributed by atoms with van der Waals surface area (Å²) >= 11 is 13.4. The molecule has 9 heteroatoms. The first kappa shape index (κ1) is 19.6. The summed E-state index contributed by atoms with van der Waals surface area (Å²) in [5.74, 6) is -1.88. The summed E-state index contributed by atoms with van der Waals surface area (Å²) < 4.78 is 0. The summed E-state index contributed by atoms with van der Waals surface area (Å²) in [5, 5.41) is 20.4. The summed E-state index contributed by atoms with van der Waals surface area (Å²) in [6, 6.07) is 12.4. The van der Waals surface area contributed by atoms with Crippen molar-refractivity contribution >= 4 is 57.1 Å². The highest BCUT2D eigenvalue weighted by molar-refractivity contribution is 7.15. The third-order valence-electron chi connectivity index (χ3n) is 4.47. The molecule has 0 saturated carbocycles. The van der Waals surface area contributed by atoms with E-state index in [0.717, 1.165) is 0 Å². The van der Waals surface area contributed by atoms with Crippen LogP contribution in [0.3, 0.4) is 0 Å². The van der Waals surface area contributed by atoms with Crippen LogP contribution in [0.2, 0.25) is 10.0 Å². The molecular formula is C20H13Cl2N3O3S. The Morgan fingerprint density at radius 2 is 1.79 bits per heavy atom. The summed E-state index contributed by atoms with van der Waals surface area (Å²) in [5.41, 5.74) is 0.889. The highest BCUT2D eigenvalue weighted by Crippen LogP contribution is 2.43. The van der Waals surface area contributed by atoms with Crippen molar-refractivity contribution in [3.8, 4) is 0 Å². The molecule has 4 rings (SSSR count). The van der Waals surface area contributed by atoms with Crippen LogP contribution in [0.15, 0.2) is 54.1 Å². The van der Waals surface area contributed by atoms with Gasteiger partial charge in [0.25, 0.3) is 5.78 Å². The smallest absolute Gasteiger partial charge is 0.301 e. The van der Waals surface area contributed by atoms with Crippen LogP contribution < -0.4 is 4.90 Å². The first-order valence-corrected chi connectivity index (χ1v) is 10.1. The number of hydrogen-bond donors (Lipinski definition) is 1. The number of Topliss-reactive ketones (excluding diaryl/α,β-unsaturated/α-hetero) is 1. The predicted octanol–water partition coefficient (Wildman–Crippen LogP) is 4.78. The molecule has 0 radical (unpaired) electrons. The predicted molar refractivity (Wildman–Crippen MR) is 112 cm³/mol. The Morgan fingerprint density at radius 3 is 2.41 bits per heavy atom. The topological polar surface area (TPSA) is 83.4 Å². The maximum atomic E-state index is 12.9. The molecule has 3 aromatic rings. The molecule has 6 nitrogen and oxygen atoms in total. The van der Waals surface area contributed by atoms with Gasteiger partial charge in [-0.3, -0.25) is 14.5 Å². The number of anilines is 1. The first-order chi connectivity index (χ1) is 13.9. The lowest BCUT2D eigenvalue weighted by Crippen LogP contribution is -2.29. The van der Waals surface area contributed by atoms with E-state index in [1.807, 2.05) is 0 Å². The average molecular weight is 446 g/mol. The molecule has 2 heterocycles. The lowest BCUT2D eigenvalue weighted by Gasteiger charge is -2.22. The number of halogens is 2. The molecule has 0 aliphatic carbocycles. The molecule has 1 amide bonds. The summed E-state index contributed by atoms with van der Waals surface area (Å²) in [4.78, 5) is 27.1. The SMILES string of the molecule is Cc1nnc(N2C(=O)C(=O)/C(=C(/O)c3ccccc3)[C@H]2c2ccc(Cl)c(Cl)c2)s1. The fraction of sp³-hybridized carbons (Fsp3) is 0.100. The Morgan fingerprint density at radius 1 is 1.07 bits per heavy atom. The summed E-state index contributed by atoms with van der Waals surface area (Å²) in [6.45, 7) is 1.75. The van der Waals surface area contributed by atoms with Gasteiger partial charge in [-0.15, -0.1) is 10.2 Å². The van der Waals surface area contributed by atoms with E-state index in [1.54, 1.807) is 55.5 Å². The van der Waals surface area contributed by atoms with E-state index in [2.05, 4.69) is 10.2 Å². The molecular weight excluding hydrogens is 433 g/mol. The Kier molecular flexibility index (Phi) is 5.12. The number of aliphatic hydroxyl groups excluding tert-OH is 1. The van der Waals surface area contributed by atoms with E-state index in [-0.39, 0.29) is 21.5 Å². The van der Waals surface area contributed by atoms with Gasteiger partial charge in [-0.1, -0.05) is 70.9 Å². The second-order valence-electron chi connectivity index (χ2n) is 6.31. The lowest BCUT2D eigenvalue weighted by atomic mass is 9.95. The fourth-order valence-corrected chi connectivity index (χ4v) is 4.18.